The Morgan fingerprint density at radius 1 is 1.26 bits per heavy atom. The van der Waals surface area contributed by atoms with Gasteiger partial charge >= 0.3 is 0 Å². The van der Waals surface area contributed by atoms with Gasteiger partial charge in [-0.25, -0.2) is 9.37 Å². The van der Waals surface area contributed by atoms with Gasteiger partial charge in [-0.05, 0) is 29.8 Å². The third-order valence-electron chi connectivity index (χ3n) is 4.36. The van der Waals surface area contributed by atoms with Gasteiger partial charge < -0.3 is 4.74 Å². The highest BCUT2D eigenvalue weighted by molar-refractivity contribution is 8.01. The average molecular weight is 331 g/mol. The summed E-state index contributed by atoms with van der Waals surface area (Å²) in [7, 11) is 0. The molecule has 4 heterocycles. The van der Waals surface area contributed by atoms with Gasteiger partial charge in [-0.2, -0.15) is 0 Å². The number of hydrogen-bond acceptors (Lipinski definition) is 5. The van der Waals surface area contributed by atoms with E-state index in [1.54, 1.807) is 12.3 Å². The quantitative estimate of drug-likeness (QED) is 0.861. The number of thioether (sulfide) groups is 1. The van der Waals surface area contributed by atoms with Crippen LogP contribution >= 0.6 is 11.8 Å². The summed E-state index contributed by atoms with van der Waals surface area (Å²) in [5, 5.41) is 0. The number of rotatable bonds is 4. The van der Waals surface area contributed by atoms with Gasteiger partial charge in [-0.15, -0.1) is 11.8 Å². The molecule has 0 unspecified atom stereocenters. The van der Waals surface area contributed by atoms with E-state index in [0.29, 0.717) is 0 Å². The summed E-state index contributed by atoms with van der Waals surface area (Å²) in [6, 6.07) is 7.08. The molecule has 0 saturated carbocycles. The molecule has 0 radical (unpaired) electrons. The molecular formula is C17H18FN3OS. The zero-order valence-corrected chi connectivity index (χ0v) is 13.5. The molecule has 120 valence electrons. The summed E-state index contributed by atoms with van der Waals surface area (Å²) in [5.41, 5.74) is 1.29. The van der Waals surface area contributed by atoms with Crippen LogP contribution in [-0.2, 0) is 6.54 Å². The van der Waals surface area contributed by atoms with Crippen LogP contribution in [0.15, 0.2) is 42.9 Å². The van der Waals surface area contributed by atoms with Crippen LogP contribution in [0.4, 0.5) is 4.39 Å². The second kappa shape index (κ2) is 6.09. The SMILES string of the molecule is Fc1cccnc1O[C@H]1CSC2(C1)CN(Cc1ccncc1)C2. The molecule has 2 aliphatic heterocycles. The molecule has 2 aliphatic rings. The van der Waals surface area contributed by atoms with Crippen LogP contribution in [0, 0.1) is 5.82 Å². The summed E-state index contributed by atoms with van der Waals surface area (Å²) in [5.74, 6) is 0.647. The van der Waals surface area contributed by atoms with Crippen LogP contribution in [-0.4, -0.2) is 44.6 Å². The van der Waals surface area contributed by atoms with Crippen LogP contribution in [0.3, 0.4) is 0 Å². The van der Waals surface area contributed by atoms with Crippen LogP contribution in [0.5, 0.6) is 5.88 Å². The Morgan fingerprint density at radius 3 is 2.87 bits per heavy atom. The summed E-state index contributed by atoms with van der Waals surface area (Å²) >= 11 is 1.95. The molecule has 2 aromatic rings. The molecular weight excluding hydrogens is 313 g/mol. The highest BCUT2D eigenvalue weighted by atomic mass is 32.2. The number of hydrogen-bond donors (Lipinski definition) is 0. The van der Waals surface area contributed by atoms with Gasteiger partial charge in [0.05, 0.1) is 0 Å². The predicted molar refractivity (Wildman–Crippen MR) is 87.9 cm³/mol. The Morgan fingerprint density at radius 2 is 2.09 bits per heavy atom. The second-order valence-electron chi connectivity index (χ2n) is 6.23. The lowest BCUT2D eigenvalue weighted by molar-refractivity contribution is 0.0895. The van der Waals surface area contributed by atoms with Gasteiger partial charge in [-0.3, -0.25) is 9.88 Å². The Kier molecular flexibility index (Phi) is 3.95. The Bertz CT molecular complexity index is 679. The minimum Gasteiger partial charge on any atom is -0.471 e. The van der Waals surface area contributed by atoms with E-state index in [1.807, 2.05) is 24.2 Å². The van der Waals surface area contributed by atoms with Gasteiger partial charge in [0, 0.05) is 55.1 Å². The molecule has 0 amide bonds. The van der Waals surface area contributed by atoms with E-state index in [4.69, 9.17) is 4.74 Å². The molecule has 2 fully saturated rings. The van der Waals surface area contributed by atoms with Crippen molar-refractivity contribution in [2.45, 2.75) is 23.8 Å². The van der Waals surface area contributed by atoms with Crippen molar-refractivity contribution in [3.63, 3.8) is 0 Å². The van der Waals surface area contributed by atoms with Crippen LogP contribution in [0.25, 0.3) is 0 Å². The largest absolute Gasteiger partial charge is 0.471 e. The lowest BCUT2D eigenvalue weighted by Crippen LogP contribution is -2.58. The Hall–Kier alpha value is -1.66. The van der Waals surface area contributed by atoms with Crippen molar-refractivity contribution in [3.05, 3.63) is 54.2 Å². The molecule has 1 spiro atoms. The van der Waals surface area contributed by atoms with E-state index in [1.165, 1.54) is 11.6 Å². The van der Waals surface area contributed by atoms with E-state index in [-0.39, 0.29) is 22.5 Å². The Balaban J connectivity index is 1.31. The highest BCUT2D eigenvalue weighted by Gasteiger charge is 2.49. The van der Waals surface area contributed by atoms with Crippen LogP contribution in [0.1, 0.15) is 12.0 Å². The zero-order valence-electron chi connectivity index (χ0n) is 12.7. The molecule has 0 aliphatic carbocycles. The van der Waals surface area contributed by atoms with Crippen LogP contribution < -0.4 is 4.74 Å². The molecule has 0 bridgehead atoms. The second-order valence-corrected chi connectivity index (χ2v) is 7.72. The maximum atomic E-state index is 13.6. The number of pyridine rings is 2. The summed E-state index contributed by atoms with van der Waals surface area (Å²) in [4.78, 5) is 10.5. The molecule has 6 heteroatoms. The van der Waals surface area contributed by atoms with Gasteiger partial charge in [0.1, 0.15) is 6.10 Å². The molecule has 2 aromatic heterocycles. The lowest BCUT2D eigenvalue weighted by Gasteiger charge is -2.47. The number of nitrogens with zero attached hydrogens (tertiary/aromatic N) is 3. The van der Waals surface area contributed by atoms with E-state index in [2.05, 4.69) is 27.0 Å². The number of ether oxygens (including phenoxy) is 1. The first kappa shape index (κ1) is 14.9. The number of likely N-dealkylation sites (tertiary alicyclic amines) is 1. The first-order valence-electron chi connectivity index (χ1n) is 7.75. The van der Waals surface area contributed by atoms with Gasteiger partial charge in [0.2, 0.25) is 0 Å². The van der Waals surface area contributed by atoms with Gasteiger partial charge in [-0.1, -0.05) is 0 Å². The molecule has 0 N–H and O–H groups in total. The average Bonchev–Trinajstić information content (AvgIpc) is 2.94. The molecule has 23 heavy (non-hydrogen) atoms. The molecule has 4 rings (SSSR count). The van der Waals surface area contributed by atoms with Gasteiger partial charge in [0.15, 0.2) is 5.82 Å². The molecule has 4 nitrogen and oxygen atoms in total. The normalized spacial score (nSPS) is 22.9. The maximum absolute atomic E-state index is 13.6. The fourth-order valence-electron chi connectivity index (χ4n) is 3.34. The van der Waals surface area contributed by atoms with Gasteiger partial charge in [0.25, 0.3) is 5.88 Å². The Labute approximate surface area is 139 Å². The minimum atomic E-state index is -0.383. The third-order valence-corrected chi connectivity index (χ3v) is 5.93. The third kappa shape index (κ3) is 3.19. The monoisotopic (exact) mass is 331 g/mol. The van der Waals surface area contributed by atoms with Crippen molar-refractivity contribution in [1.82, 2.24) is 14.9 Å². The van der Waals surface area contributed by atoms with Crippen LogP contribution in [0.2, 0.25) is 0 Å². The molecule has 1 atom stereocenters. The van der Waals surface area contributed by atoms with Crippen molar-refractivity contribution in [3.8, 4) is 5.88 Å². The summed E-state index contributed by atoms with van der Waals surface area (Å²) in [6.45, 7) is 3.08. The number of halogens is 1. The van der Waals surface area contributed by atoms with Crippen molar-refractivity contribution in [1.29, 1.82) is 0 Å². The minimum absolute atomic E-state index is 0.0486. The summed E-state index contributed by atoms with van der Waals surface area (Å²) in [6.07, 6.45) is 6.24. The highest BCUT2D eigenvalue weighted by Crippen LogP contribution is 2.46. The van der Waals surface area contributed by atoms with Crippen molar-refractivity contribution >= 4 is 11.8 Å². The first-order valence-corrected chi connectivity index (χ1v) is 8.73. The fourth-order valence-corrected chi connectivity index (χ4v) is 4.92. The zero-order chi connectivity index (χ0) is 15.7. The van der Waals surface area contributed by atoms with E-state index < -0.39 is 0 Å². The summed E-state index contributed by atoms with van der Waals surface area (Å²) < 4.78 is 19.7. The van der Waals surface area contributed by atoms with E-state index in [0.717, 1.165) is 31.8 Å². The number of aromatic nitrogens is 2. The van der Waals surface area contributed by atoms with Crippen molar-refractivity contribution in [2.24, 2.45) is 0 Å². The molecule has 0 aromatic carbocycles. The predicted octanol–water partition coefficient (Wildman–Crippen LogP) is 2.75. The fraction of sp³-hybridized carbons (Fsp3) is 0.412. The van der Waals surface area contributed by atoms with Crippen molar-refractivity contribution < 1.29 is 9.13 Å². The lowest BCUT2D eigenvalue weighted by atomic mass is 9.92. The molecule has 2 saturated heterocycles. The van der Waals surface area contributed by atoms with E-state index >= 15 is 0 Å². The van der Waals surface area contributed by atoms with Crippen molar-refractivity contribution in [2.75, 3.05) is 18.8 Å². The van der Waals surface area contributed by atoms with E-state index in [9.17, 15) is 4.39 Å². The topological polar surface area (TPSA) is 38.2 Å². The first-order chi connectivity index (χ1) is 11.2. The smallest absolute Gasteiger partial charge is 0.250 e. The standard InChI is InChI=1S/C17H18FN3OS/c18-15-2-1-5-20-16(15)22-14-8-17(23-10-14)11-21(12-17)9-13-3-6-19-7-4-13/h1-7,14H,8-12H2/t14-/m1/s1. The maximum Gasteiger partial charge on any atom is 0.250 e.